The summed E-state index contributed by atoms with van der Waals surface area (Å²) in [6.45, 7) is 1.64. The lowest BCUT2D eigenvalue weighted by atomic mass is 9.87. The molecule has 0 saturated carbocycles. The van der Waals surface area contributed by atoms with Crippen molar-refractivity contribution in [2.24, 2.45) is 10.9 Å². The van der Waals surface area contributed by atoms with Crippen LogP contribution >= 0.6 is 15.9 Å². The third kappa shape index (κ3) is 3.90. The Labute approximate surface area is 156 Å². The monoisotopic (exact) mass is 431 g/mol. The Morgan fingerprint density at radius 3 is 2.62 bits per heavy atom. The number of nitrogens with zero attached hydrogens (tertiary/aromatic N) is 2. The number of halogens is 3. The third-order valence-electron chi connectivity index (χ3n) is 3.85. The van der Waals surface area contributed by atoms with Crippen LogP contribution in [0.15, 0.2) is 23.2 Å². The number of methoxy groups -OCH3 is 1. The second-order valence-corrected chi connectivity index (χ2v) is 6.24. The topological polar surface area (TPSA) is 88.1 Å². The molecule has 2 unspecified atom stereocenters. The molecule has 4 amide bonds. The number of benzene rings is 1. The molecule has 0 spiro atoms. The Bertz CT molecular complexity index is 772. The molecule has 1 aliphatic rings. The number of hydrogen-bond acceptors (Lipinski definition) is 4. The normalized spacial score (nSPS) is 19.8. The highest BCUT2D eigenvalue weighted by molar-refractivity contribution is 9.09. The Morgan fingerprint density at radius 2 is 2.04 bits per heavy atom. The van der Waals surface area contributed by atoms with Crippen LogP contribution < -0.4 is 5.32 Å². The van der Waals surface area contributed by atoms with Gasteiger partial charge < -0.3 is 10.1 Å². The van der Waals surface area contributed by atoms with Crippen LogP contribution in [0.2, 0.25) is 0 Å². The van der Waals surface area contributed by atoms with Crippen molar-refractivity contribution in [3.63, 3.8) is 0 Å². The molecule has 0 saturated heterocycles. The van der Waals surface area contributed by atoms with Gasteiger partial charge in [0.05, 0.1) is 13.2 Å². The van der Waals surface area contributed by atoms with Gasteiger partial charge in [-0.1, -0.05) is 22.0 Å². The van der Waals surface area contributed by atoms with Gasteiger partial charge in [0, 0.05) is 17.6 Å². The highest BCUT2D eigenvalue weighted by Gasteiger charge is 2.45. The number of rotatable bonds is 4. The fourth-order valence-electron chi connectivity index (χ4n) is 2.69. The van der Waals surface area contributed by atoms with Gasteiger partial charge in [0.25, 0.3) is 0 Å². The van der Waals surface area contributed by atoms with E-state index in [0.29, 0.717) is 10.2 Å². The highest BCUT2D eigenvalue weighted by atomic mass is 79.9. The number of imide groups is 1. The van der Waals surface area contributed by atoms with Crippen LogP contribution in [0.3, 0.4) is 0 Å². The van der Waals surface area contributed by atoms with Crippen molar-refractivity contribution in [3.05, 3.63) is 35.4 Å². The standard InChI is InChI=1S/C16H16BrF2N3O4/c1-8-12(14(23)26-2)13(9-3-4-10(18)11(19)7-9)22(16(25)21-8)15(24)20-6-5-17/h3-4,7,12-13H,5-6H2,1-2H3,(H,20,24). The number of hydrogen-bond donors (Lipinski definition) is 1. The van der Waals surface area contributed by atoms with E-state index in [-0.39, 0.29) is 17.8 Å². The second kappa shape index (κ2) is 8.35. The molecule has 0 aliphatic carbocycles. The first-order chi connectivity index (χ1) is 12.3. The van der Waals surface area contributed by atoms with Gasteiger partial charge in [-0.2, -0.15) is 0 Å². The van der Waals surface area contributed by atoms with Gasteiger partial charge in [-0.15, -0.1) is 0 Å². The van der Waals surface area contributed by atoms with Crippen molar-refractivity contribution >= 4 is 39.7 Å². The molecule has 1 N–H and O–H groups in total. The summed E-state index contributed by atoms with van der Waals surface area (Å²) in [4.78, 5) is 41.5. The van der Waals surface area contributed by atoms with E-state index in [1.165, 1.54) is 13.0 Å². The third-order valence-corrected chi connectivity index (χ3v) is 4.25. The minimum atomic E-state index is -1.22. The number of alkyl halides is 1. The number of aliphatic imine (C=N–C) groups is 1. The van der Waals surface area contributed by atoms with E-state index in [0.717, 1.165) is 19.2 Å². The maximum atomic E-state index is 13.7. The number of ether oxygens (including phenoxy) is 1. The smallest absolute Gasteiger partial charge is 0.352 e. The van der Waals surface area contributed by atoms with Crippen molar-refractivity contribution < 1.29 is 27.9 Å². The number of amides is 4. The number of nitrogens with one attached hydrogen (secondary N) is 1. The molecule has 2 atom stereocenters. The van der Waals surface area contributed by atoms with Gasteiger partial charge in [0.15, 0.2) is 11.6 Å². The summed E-state index contributed by atoms with van der Waals surface area (Å²) in [6, 6.07) is -0.0434. The van der Waals surface area contributed by atoms with Crippen molar-refractivity contribution in [2.45, 2.75) is 13.0 Å². The minimum Gasteiger partial charge on any atom is -0.468 e. The maximum absolute atomic E-state index is 13.7. The zero-order valence-electron chi connectivity index (χ0n) is 14.0. The summed E-state index contributed by atoms with van der Waals surface area (Å²) in [6.07, 6.45) is 0. The van der Waals surface area contributed by atoms with Gasteiger partial charge in [-0.05, 0) is 24.6 Å². The average Bonchev–Trinajstić information content (AvgIpc) is 2.60. The van der Waals surface area contributed by atoms with Crippen LogP contribution in [0.5, 0.6) is 0 Å². The molecule has 140 valence electrons. The Hall–Kier alpha value is -2.36. The van der Waals surface area contributed by atoms with E-state index in [2.05, 4.69) is 26.2 Å². The molecular formula is C16H16BrF2N3O4. The first-order valence-corrected chi connectivity index (χ1v) is 8.69. The van der Waals surface area contributed by atoms with Crippen molar-refractivity contribution in [1.29, 1.82) is 0 Å². The van der Waals surface area contributed by atoms with Gasteiger partial charge in [-0.25, -0.2) is 28.3 Å². The molecule has 0 radical (unpaired) electrons. The molecule has 0 fully saturated rings. The largest absolute Gasteiger partial charge is 0.468 e. The molecule has 1 heterocycles. The lowest BCUT2D eigenvalue weighted by Gasteiger charge is -2.36. The van der Waals surface area contributed by atoms with Crippen LogP contribution in [0.1, 0.15) is 18.5 Å². The van der Waals surface area contributed by atoms with E-state index in [9.17, 15) is 23.2 Å². The summed E-state index contributed by atoms with van der Waals surface area (Å²) in [5.74, 6) is -4.16. The quantitative estimate of drug-likeness (QED) is 0.586. The van der Waals surface area contributed by atoms with E-state index in [4.69, 9.17) is 4.74 Å². The minimum absolute atomic E-state index is 0.0656. The molecule has 26 heavy (non-hydrogen) atoms. The van der Waals surface area contributed by atoms with Crippen molar-refractivity contribution in [3.8, 4) is 0 Å². The molecule has 1 aliphatic heterocycles. The molecule has 10 heteroatoms. The summed E-state index contributed by atoms with van der Waals surface area (Å²) < 4.78 is 31.8. The zero-order chi connectivity index (χ0) is 19.4. The Morgan fingerprint density at radius 1 is 1.35 bits per heavy atom. The summed E-state index contributed by atoms with van der Waals surface area (Å²) >= 11 is 3.14. The first kappa shape index (κ1) is 20.0. The van der Waals surface area contributed by atoms with E-state index >= 15 is 0 Å². The molecular weight excluding hydrogens is 416 g/mol. The number of urea groups is 2. The SMILES string of the molecule is COC(=O)C1C(C)=NC(=O)N(C(=O)NCCBr)C1c1ccc(F)c(F)c1. The molecule has 0 aromatic heterocycles. The summed E-state index contributed by atoms with van der Waals surface area (Å²) in [5.41, 5.74) is 0.178. The van der Waals surface area contributed by atoms with Crippen LogP contribution in [0.25, 0.3) is 0 Å². The van der Waals surface area contributed by atoms with Crippen LogP contribution in [-0.2, 0) is 9.53 Å². The molecule has 7 nitrogen and oxygen atoms in total. The Kier molecular flexibility index (Phi) is 6.41. The number of carbonyl (C=O) groups is 3. The van der Waals surface area contributed by atoms with Gasteiger partial charge in [0.1, 0.15) is 5.92 Å². The van der Waals surface area contributed by atoms with Gasteiger partial charge in [0.2, 0.25) is 0 Å². The molecule has 0 bridgehead atoms. The first-order valence-electron chi connectivity index (χ1n) is 7.56. The fraction of sp³-hybridized carbons (Fsp3) is 0.375. The lowest BCUT2D eigenvalue weighted by Crippen LogP contribution is -2.53. The fourth-order valence-corrected chi connectivity index (χ4v) is 2.89. The molecule has 2 rings (SSSR count). The Balaban J connectivity index is 2.59. The van der Waals surface area contributed by atoms with Crippen LogP contribution in [-0.4, -0.2) is 47.6 Å². The predicted octanol–water partition coefficient (Wildman–Crippen LogP) is 2.80. The van der Waals surface area contributed by atoms with Crippen LogP contribution in [0.4, 0.5) is 18.4 Å². The summed E-state index contributed by atoms with van der Waals surface area (Å²) in [5, 5.41) is 2.91. The van der Waals surface area contributed by atoms with Crippen molar-refractivity contribution in [2.75, 3.05) is 19.0 Å². The molecule has 1 aromatic carbocycles. The molecule has 1 aromatic rings. The second-order valence-electron chi connectivity index (χ2n) is 5.45. The lowest BCUT2D eigenvalue weighted by molar-refractivity contribution is -0.144. The van der Waals surface area contributed by atoms with Gasteiger partial charge >= 0.3 is 18.0 Å². The van der Waals surface area contributed by atoms with E-state index in [1.54, 1.807) is 0 Å². The zero-order valence-corrected chi connectivity index (χ0v) is 15.5. The van der Waals surface area contributed by atoms with E-state index < -0.39 is 41.6 Å². The number of carbonyl (C=O) groups excluding carboxylic acids is 3. The number of esters is 1. The van der Waals surface area contributed by atoms with Crippen LogP contribution in [0, 0.1) is 17.6 Å². The summed E-state index contributed by atoms with van der Waals surface area (Å²) in [7, 11) is 1.14. The maximum Gasteiger partial charge on any atom is 0.352 e. The van der Waals surface area contributed by atoms with Gasteiger partial charge in [-0.3, -0.25) is 4.79 Å². The van der Waals surface area contributed by atoms with Crippen molar-refractivity contribution in [1.82, 2.24) is 10.2 Å². The van der Waals surface area contributed by atoms with E-state index in [1.807, 2.05) is 0 Å². The highest BCUT2D eigenvalue weighted by Crippen LogP contribution is 2.35. The average molecular weight is 432 g/mol. The predicted molar refractivity (Wildman–Crippen MR) is 92.1 cm³/mol.